The lowest BCUT2D eigenvalue weighted by atomic mass is 10.1. The van der Waals surface area contributed by atoms with E-state index in [2.05, 4.69) is 0 Å². The Hall–Kier alpha value is -2.26. The minimum Gasteiger partial charge on any atom is -0.422 e. The van der Waals surface area contributed by atoms with Crippen LogP contribution in [0.25, 0.3) is 10.8 Å². The third-order valence-corrected chi connectivity index (χ3v) is 4.07. The average molecular weight is 294 g/mol. The molecule has 0 saturated carbocycles. The highest BCUT2D eigenvalue weighted by molar-refractivity contribution is 7.98. The molecule has 0 bridgehead atoms. The van der Waals surface area contributed by atoms with Gasteiger partial charge in [-0.05, 0) is 35.9 Å². The van der Waals surface area contributed by atoms with Crippen LogP contribution >= 0.6 is 11.8 Å². The van der Waals surface area contributed by atoms with Gasteiger partial charge in [-0.15, -0.1) is 11.8 Å². The second kappa shape index (κ2) is 6.02. The molecule has 0 N–H and O–H groups in total. The van der Waals surface area contributed by atoms with Gasteiger partial charge in [-0.3, -0.25) is 0 Å². The van der Waals surface area contributed by atoms with Gasteiger partial charge in [0.15, 0.2) is 0 Å². The van der Waals surface area contributed by atoms with Gasteiger partial charge in [0.2, 0.25) is 0 Å². The summed E-state index contributed by atoms with van der Waals surface area (Å²) in [6.07, 6.45) is 2.04. The molecule has 0 spiro atoms. The van der Waals surface area contributed by atoms with Crippen LogP contribution in [-0.2, 0) is 0 Å². The van der Waals surface area contributed by atoms with Crippen LogP contribution in [-0.4, -0.2) is 12.2 Å². The number of benzene rings is 3. The van der Waals surface area contributed by atoms with E-state index < -0.39 is 0 Å². The summed E-state index contributed by atoms with van der Waals surface area (Å²) < 4.78 is 5.57. The van der Waals surface area contributed by atoms with Crippen LogP contribution in [0.5, 0.6) is 5.75 Å². The van der Waals surface area contributed by atoms with Crippen molar-refractivity contribution in [3.63, 3.8) is 0 Å². The van der Waals surface area contributed by atoms with E-state index in [1.54, 1.807) is 23.9 Å². The fraction of sp³-hybridized carbons (Fsp3) is 0.0556. The number of esters is 1. The molecule has 0 aliphatic carbocycles. The van der Waals surface area contributed by atoms with Crippen LogP contribution < -0.4 is 4.74 Å². The minimum atomic E-state index is -0.336. The summed E-state index contributed by atoms with van der Waals surface area (Å²) in [6, 6.07) is 20.8. The summed E-state index contributed by atoms with van der Waals surface area (Å²) in [5, 5.41) is 2.05. The van der Waals surface area contributed by atoms with E-state index >= 15 is 0 Å². The highest BCUT2D eigenvalue weighted by atomic mass is 32.2. The first-order valence-corrected chi connectivity index (χ1v) is 7.85. The standard InChI is InChI=1S/C18H14O2S/c1-21-17-12-11-16(14-9-5-6-10-15(14)17)20-18(19)13-7-3-2-4-8-13/h2-12H,1H3. The van der Waals surface area contributed by atoms with Gasteiger partial charge in [-0.2, -0.15) is 0 Å². The molecule has 2 nitrogen and oxygen atoms in total. The summed E-state index contributed by atoms with van der Waals surface area (Å²) >= 11 is 1.68. The maximum Gasteiger partial charge on any atom is 0.343 e. The predicted molar refractivity (Wildman–Crippen MR) is 87.1 cm³/mol. The number of carbonyl (C=O) groups excluding carboxylic acids is 1. The fourth-order valence-corrected chi connectivity index (χ4v) is 2.85. The highest BCUT2D eigenvalue weighted by Crippen LogP contribution is 2.33. The number of carbonyl (C=O) groups is 1. The van der Waals surface area contributed by atoms with Crippen molar-refractivity contribution in [2.45, 2.75) is 4.90 Å². The SMILES string of the molecule is CSc1ccc(OC(=O)c2ccccc2)c2ccccc12. The Morgan fingerprint density at radius 3 is 2.24 bits per heavy atom. The number of hydrogen-bond donors (Lipinski definition) is 0. The van der Waals surface area contributed by atoms with Crippen molar-refractivity contribution in [2.75, 3.05) is 6.26 Å². The molecule has 0 unspecified atom stereocenters. The first-order valence-electron chi connectivity index (χ1n) is 6.62. The molecule has 0 saturated heterocycles. The summed E-state index contributed by atoms with van der Waals surface area (Å²) in [6.45, 7) is 0. The third kappa shape index (κ3) is 2.78. The van der Waals surface area contributed by atoms with Gasteiger partial charge in [0.25, 0.3) is 0 Å². The van der Waals surface area contributed by atoms with Crippen LogP contribution in [0.4, 0.5) is 0 Å². The van der Waals surface area contributed by atoms with Gasteiger partial charge in [0.1, 0.15) is 5.75 Å². The zero-order chi connectivity index (χ0) is 14.7. The topological polar surface area (TPSA) is 26.3 Å². The van der Waals surface area contributed by atoms with Crippen molar-refractivity contribution < 1.29 is 9.53 Å². The van der Waals surface area contributed by atoms with Crippen molar-refractivity contribution in [3.8, 4) is 5.75 Å². The maximum absolute atomic E-state index is 12.2. The van der Waals surface area contributed by atoms with E-state index in [9.17, 15) is 4.79 Å². The monoisotopic (exact) mass is 294 g/mol. The smallest absolute Gasteiger partial charge is 0.343 e. The first-order chi connectivity index (χ1) is 10.3. The van der Waals surface area contributed by atoms with Gasteiger partial charge in [0, 0.05) is 10.3 Å². The molecule has 3 aromatic carbocycles. The van der Waals surface area contributed by atoms with Crippen LogP contribution in [0.3, 0.4) is 0 Å². The van der Waals surface area contributed by atoms with Crippen LogP contribution in [0.1, 0.15) is 10.4 Å². The Morgan fingerprint density at radius 1 is 0.857 bits per heavy atom. The fourth-order valence-electron chi connectivity index (χ4n) is 2.24. The van der Waals surface area contributed by atoms with Gasteiger partial charge >= 0.3 is 5.97 Å². The zero-order valence-electron chi connectivity index (χ0n) is 11.6. The summed E-state index contributed by atoms with van der Waals surface area (Å²) in [5.74, 6) is 0.259. The first kappa shape index (κ1) is 13.7. The van der Waals surface area contributed by atoms with Crippen molar-refractivity contribution in [1.82, 2.24) is 0 Å². The van der Waals surface area contributed by atoms with E-state index in [4.69, 9.17) is 4.74 Å². The normalized spacial score (nSPS) is 10.5. The second-order valence-electron chi connectivity index (χ2n) is 4.57. The molecule has 0 aliphatic rings. The van der Waals surface area contributed by atoms with Crippen molar-refractivity contribution in [2.24, 2.45) is 0 Å². The molecule has 3 heteroatoms. The van der Waals surface area contributed by atoms with Crippen LogP contribution in [0.2, 0.25) is 0 Å². The van der Waals surface area contributed by atoms with Gasteiger partial charge in [-0.25, -0.2) is 4.79 Å². The lowest BCUT2D eigenvalue weighted by Crippen LogP contribution is -2.08. The van der Waals surface area contributed by atoms with Crippen molar-refractivity contribution in [1.29, 1.82) is 0 Å². The van der Waals surface area contributed by atoms with E-state index in [1.807, 2.05) is 60.9 Å². The van der Waals surface area contributed by atoms with E-state index in [1.165, 1.54) is 4.90 Å². The third-order valence-electron chi connectivity index (χ3n) is 3.28. The largest absolute Gasteiger partial charge is 0.422 e. The summed E-state index contributed by atoms with van der Waals surface area (Å²) in [5.41, 5.74) is 0.551. The minimum absolute atomic E-state index is 0.336. The number of rotatable bonds is 3. The van der Waals surface area contributed by atoms with Crippen LogP contribution in [0.15, 0.2) is 71.6 Å². The molecule has 3 rings (SSSR count). The second-order valence-corrected chi connectivity index (χ2v) is 5.42. The highest BCUT2D eigenvalue weighted by Gasteiger charge is 2.11. The number of thioether (sulfide) groups is 1. The molecule has 3 aromatic rings. The summed E-state index contributed by atoms with van der Waals surface area (Å²) in [4.78, 5) is 13.4. The molecule has 0 heterocycles. The Kier molecular flexibility index (Phi) is 3.93. The molecular weight excluding hydrogens is 280 g/mol. The predicted octanol–water partition coefficient (Wildman–Crippen LogP) is 4.78. The van der Waals surface area contributed by atoms with Crippen molar-refractivity contribution >= 4 is 28.5 Å². The number of ether oxygens (including phenoxy) is 1. The molecular formula is C18H14O2S. The Balaban J connectivity index is 2.00. The zero-order valence-corrected chi connectivity index (χ0v) is 12.4. The van der Waals surface area contributed by atoms with Gasteiger partial charge in [-0.1, -0.05) is 42.5 Å². The summed E-state index contributed by atoms with van der Waals surface area (Å²) in [7, 11) is 0. The van der Waals surface area contributed by atoms with Gasteiger partial charge < -0.3 is 4.74 Å². The maximum atomic E-state index is 12.2. The molecule has 0 amide bonds. The Morgan fingerprint density at radius 2 is 1.52 bits per heavy atom. The van der Waals surface area contributed by atoms with Crippen LogP contribution in [0, 0.1) is 0 Å². The van der Waals surface area contributed by atoms with Crippen molar-refractivity contribution in [3.05, 3.63) is 72.3 Å². The Labute approximate surface area is 127 Å². The number of fused-ring (bicyclic) bond motifs is 1. The average Bonchev–Trinajstić information content (AvgIpc) is 2.56. The lowest BCUT2D eigenvalue weighted by Gasteiger charge is -2.10. The van der Waals surface area contributed by atoms with E-state index in [0.717, 1.165) is 10.8 Å². The number of hydrogen-bond acceptors (Lipinski definition) is 3. The lowest BCUT2D eigenvalue weighted by molar-refractivity contribution is 0.0737. The quantitative estimate of drug-likeness (QED) is 0.395. The van der Waals surface area contributed by atoms with E-state index in [-0.39, 0.29) is 5.97 Å². The molecule has 104 valence electrons. The Bertz CT molecular complexity index is 782. The molecule has 0 atom stereocenters. The van der Waals surface area contributed by atoms with Gasteiger partial charge in [0.05, 0.1) is 5.56 Å². The molecule has 0 radical (unpaired) electrons. The molecule has 21 heavy (non-hydrogen) atoms. The molecule has 0 aliphatic heterocycles. The molecule has 0 fully saturated rings. The molecule has 0 aromatic heterocycles. The van der Waals surface area contributed by atoms with E-state index in [0.29, 0.717) is 11.3 Å².